The summed E-state index contributed by atoms with van der Waals surface area (Å²) < 4.78 is 24.8. The molecule has 0 N–H and O–H groups in total. The van der Waals surface area contributed by atoms with Gasteiger partial charge < -0.3 is 14.4 Å². The first-order valence-corrected chi connectivity index (χ1v) is 12.3. The zero-order chi connectivity index (χ0) is 21.8. The monoisotopic (exact) mass is 438 g/mol. The number of hydrogen-bond acceptors (Lipinski definition) is 4. The molecule has 3 fully saturated rings. The van der Waals surface area contributed by atoms with Crippen LogP contribution in [-0.2, 0) is 11.3 Å². The summed E-state index contributed by atoms with van der Waals surface area (Å²) in [5, 5.41) is 0. The van der Waals surface area contributed by atoms with Crippen molar-refractivity contribution in [3.63, 3.8) is 0 Å². The van der Waals surface area contributed by atoms with E-state index in [4.69, 9.17) is 9.47 Å². The van der Waals surface area contributed by atoms with Crippen LogP contribution in [0.4, 0.5) is 4.39 Å². The lowest BCUT2D eigenvalue weighted by Gasteiger charge is -2.26. The summed E-state index contributed by atoms with van der Waals surface area (Å²) in [6.07, 6.45) is 5.33. The molecule has 0 amide bonds. The maximum atomic E-state index is 13.0. The second-order valence-corrected chi connectivity index (χ2v) is 9.72. The van der Waals surface area contributed by atoms with Gasteiger partial charge in [-0.2, -0.15) is 0 Å². The molecule has 1 aliphatic carbocycles. The molecule has 32 heavy (non-hydrogen) atoms. The number of piperidine rings is 2. The Kier molecular flexibility index (Phi) is 7.06. The molecule has 0 spiro atoms. The van der Waals surface area contributed by atoms with Gasteiger partial charge in [0.25, 0.3) is 0 Å². The van der Waals surface area contributed by atoms with Gasteiger partial charge in [0.2, 0.25) is 0 Å². The van der Waals surface area contributed by atoms with Crippen LogP contribution in [0, 0.1) is 23.6 Å². The first-order valence-electron chi connectivity index (χ1n) is 12.3. The van der Waals surface area contributed by atoms with Crippen LogP contribution in [-0.4, -0.2) is 55.7 Å². The first kappa shape index (κ1) is 21.9. The van der Waals surface area contributed by atoms with E-state index in [9.17, 15) is 4.39 Å². The number of likely N-dealkylation sites (tertiary alicyclic amines) is 2. The van der Waals surface area contributed by atoms with Gasteiger partial charge in [0.05, 0.1) is 6.61 Å². The summed E-state index contributed by atoms with van der Waals surface area (Å²) in [7, 11) is 0. The highest BCUT2D eigenvalue weighted by Crippen LogP contribution is 2.52. The van der Waals surface area contributed by atoms with Crippen LogP contribution in [0.3, 0.4) is 0 Å². The molecule has 5 rings (SSSR count). The standard InChI is InChI=1S/C27H35FN2O2/c28-22-7-11-24(12-8-22)32-23-9-5-21(6-10-23)17-30-18-25-26(19-30)27(25)20-31-16-4-15-29-13-2-1-3-14-29/h5-12,25-27H,1-4,13-20H2/t25-,26+,27?. The van der Waals surface area contributed by atoms with Crippen molar-refractivity contribution in [2.24, 2.45) is 17.8 Å². The summed E-state index contributed by atoms with van der Waals surface area (Å²) in [6, 6.07) is 14.4. The van der Waals surface area contributed by atoms with Gasteiger partial charge in [0, 0.05) is 32.8 Å². The zero-order valence-electron chi connectivity index (χ0n) is 18.9. The number of nitrogens with zero attached hydrogens (tertiary/aromatic N) is 2. The Balaban J connectivity index is 0.971. The minimum absolute atomic E-state index is 0.252. The fourth-order valence-corrected chi connectivity index (χ4v) is 5.47. The van der Waals surface area contributed by atoms with E-state index in [1.807, 2.05) is 12.1 Å². The number of fused-ring (bicyclic) bond motifs is 1. The number of ether oxygens (including phenoxy) is 2. The van der Waals surface area contributed by atoms with Gasteiger partial charge in [-0.3, -0.25) is 4.90 Å². The second kappa shape index (κ2) is 10.3. The lowest BCUT2D eigenvalue weighted by atomic mass is 10.1. The summed E-state index contributed by atoms with van der Waals surface area (Å²) in [5.41, 5.74) is 1.31. The van der Waals surface area contributed by atoms with E-state index in [0.29, 0.717) is 5.75 Å². The van der Waals surface area contributed by atoms with Crippen LogP contribution in [0.15, 0.2) is 48.5 Å². The lowest BCUT2D eigenvalue weighted by molar-refractivity contribution is 0.0967. The Labute approximate surface area is 191 Å². The Morgan fingerprint density at radius 1 is 0.812 bits per heavy atom. The van der Waals surface area contributed by atoms with E-state index >= 15 is 0 Å². The van der Waals surface area contributed by atoms with Crippen LogP contribution >= 0.6 is 0 Å². The van der Waals surface area contributed by atoms with Gasteiger partial charge >= 0.3 is 0 Å². The Hall–Kier alpha value is -1.95. The molecule has 2 heterocycles. The van der Waals surface area contributed by atoms with Crippen LogP contribution in [0.1, 0.15) is 31.2 Å². The Morgan fingerprint density at radius 2 is 1.47 bits per heavy atom. The third-order valence-corrected chi connectivity index (χ3v) is 7.35. The van der Waals surface area contributed by atoms with Crippen molar-refractivity contribution in [1.82, 2.24) is 9.80 Å². The predicted molar refractivity (Wildman–Crippen MR) is 124 cm³/mol. The van der Waals surface area contributed by atoms with E-state index in [-0.39, 0.29) is 5.82 Å². The highest BCUT2D eigenvalue weighted by molar-refractivity contribution is 5.33. The molecule has 1 saturated carbocycles. The maximum Gasteiger partial charge on any atom is 0.127 e. The van der Waals surface area contributed by atoms with Gasteiger partial charge in [-0.1, -0.05) is 18.6 Å². The highest BCUT2D eigenvalue weighted by atomic mass is 19.1. The van der Waals surface area contributed by atoms with Gasteiger partial charge in [-0.15, -0.1) is 0 Å². The summed E-state index contributed by atoms with van der Waals surface area (Å²) >= 11 is 0. The Morgan fingerprint density at radius 3 is 2.16 bits per heavy atom. The van der Waals surface area contributed by atoms with E-state index in [0.717, 1.165) is 43.3 Å². The van der Waals surface area contributed by atoms with Crippen molar-refractivity contribution in [1.29, 1.82) is 0 Å². The van der Waals surface area contributed by atoms with Gasteiger partial charge in [0.1, 0.15) is 17.3 Å². The molecular weight excluding hydrogens is 403 g/mol. The lowest BCUT2D eigenvalue weighted by Crippen LogP contribution is -2.31. The quantitative estimate of drug-likeness (QED) is 0.477. The fourth-order valence-electron chi connectivity index (χ4n) is 5.47. The molecule has 1 unspecified atom stereocenters. The molecule has 0 aromatic heterocycles. The van der Waals surface area contributed by atoms with Crippen LogP contribution in [0.2, 0.25) is 0 Å². The van der Waals surface area contributed by atoms with Crippen molar-refractivity contribution in [2.45, 2.75) is 32.2 Å². The third-order valence-electron chi connectivity index (χ3n) is 7.35. The molecule has 3 aliphatic rings. The molecule has 0 bridgehead atoms. The van der Waals surface area contributed by atoms with E-state index in [1.165, 1.54) is 76.1 Å². The van der Waals surface area contributed by atoms with E-state index < -0.39 is 0 Å². The largest absolute Gasteiger partial charge is 0.457 e. The molecular formula is C27H35FN2O2. The van der Waals surface area contributed by atoms with Crippen molar-refractivity contribution in [3.8, 4) is 11.5 Å². The van der Waals surface area contributed by atoms with Crippen molar-refractivity contribution < 1.29 is 13.9 Å². The molecule has 4 nitrogen and oxygen atoms in total. The van der Waals surface area contributed by atoms with E-state index in [2.05, 4.69) is 21.9 Å². The van der Waals surface area contributed by atoms with Crippen LogP contribution < -0.4 is 4.74 Å². The molecule has 5 heteroatoms. The normalized spacial score (nSPS) is 25.6. The number of rotatable bonds is 10. The molecule has 2 aromatic rings. The molecule has 2 aliphatic heterocycles. The highest BCUT2D eigenvalue weighted by Gasteiger charge is 2.55. The predicted octanol–water partition coefficient (Wildman–Crippen LogP) is 5.19. The number of hydrogen-bond donors (Lipinski definition) is 0. The maximum absolute atomic E-state index is 13.0. The minimum Gasteiger partial charge on any atom is -0.457 e. The second-order valence-electron chi connectivity index (χ2n) is 9.72. The molecule has 0 radical (unpaired) electrons. The summed E-state index contributed by atoms with van der Waals surface area (Å²) in [5.74, 6) is 3.63. The average molecular weight is 439 g/mol. The first-order chi connectivity index (χ1) is 15.7. The van der Waals surface area contributed by atoms with Gasteiger partial charge in [-0.05, 0) is 92.1 Å². The van der Waals surface area contributed by atoms with Gasteiger partial charge in [0.15, 0.2) is 0 Å². The SMILES string of the molecule is Fc1ccc(Oc2ccc(CN3C[C@@H]4C(COCCCN5CCCCC5)[C@@H]4C3)cc2)cc1. The molecule has 3 atom stereocenters. The number of halogens is 1. The summed E-state index contributed by atoms with van der Waals surface area (Å²) in [4.78, 5) is 5.16. The van der Waals surface area contributed by atoms with Crippen molar-refractivity contribution in [2.75, 3.05) is 45.9 Å². The topological polar surface area (TPSA) is 24.9 Å². The minimum atomic E-state index is -0.252. The molecule has 172 valence electrons. The average Bonchev–Trinajstić information content (AvgIpc) is 3.27. The molecule has 2 saturated heterocycles. The van der Waals surface area contributed by atoms with Gasteiger partial charge in [-0.25, -0.2) is 4.39 Å². The van der Waals surface area contributed by atoms with E-state index in [1.54, 1.807) is 12.1 Å². The summed E-state index contributed by atoms with van der Waals surface area (Å²) in [6.45, 7) is 9.03. The smallest absolute Gasteiger partial charge is 0.127 e. The van der Waals surface area contributed by atoms with Crippen molar-refractivity contribution in [3.05, 3.63) is 59.9 Å². The van der Waals surface area contributed by atoms with Crippen LogP contribution in [0.25, 0.3) is 0 Å². The number of benzene rings is 2. The van der Waals surface area contributed by atoms with Crippen molar-refractivity contribution >= 4 is 0 Å². The third kappa shape index (κ3) is 5.69. The molecule has 2 aromatic carbocycles. The Bertz CT molecular complexity index is 839. The zero-order valence-corrected chi connectivity index (χ0v) is 18.9. The fraction of sp³-hybridized carbons (Fsp3) is 0.556. The van der Waals surface area contributed by atoms with Crippen LogP contribution in [0.5, 0.6) is 11.5 Å².